The summed E-state index contributed by atoms with van der Waals surface area (Å²) in [4.78, 5) is 12.3. The highest BCUT2D eigenvalue weighted by molar-refractivity contribution is 8.01. The topological polar surface area (TPSA) is 72.3 Å². The van der Waals surface area contributed by atoms with Crippen molar-refractivity contribution in [2.75, 3.05) is 5.75 Å². The number of nitrogens with one attached hydrogen (secondary N) is 1. The zero-order valence-corrected chi connectivity index (χ0v) is 15.9. The largest absolute Gasteiger partial charge is 0.343 e. The number of H-pyrrole nitrogens is 1. The molecule has 0 aliphatic rings. The molecule has 0 saturated heterocycles. The van der Waals surface area contributed by atoms with Gasteiger partial charge in [-0.1, -0.05) is 53.4 Å². The van der Waals surface area contributed by atoms with Crippen molar-refractivity contribution in [2.24, 2.45) is 0 Å². The van der Waals surface area contributed by atoms with Crippen LogP contribution in [-0.4, -0.2) is 35.5 Å². The molecule has 1 aromatic carbocycles. The van der Waals surface area contributed by atoms with Gasteiger partial charge in [0.2, 0.25) is 0 Å². The normalized spacial score (nSPS) is 11.1. The summed E-state index contributed by atoms with van der Waals surface area (Å²) in [5.74, 6) is 1.83. The van der Waals surface area contributed by atoms with Gasteiger partial charge in [0.25, 0.3) is 0 Å². The van der Waals surface area contributed by atoms with Gasteiger partial charge in [-0.2, -0.15) is 0 Å². The molecule has 6 nitrogen and oxygen atoms in total. The number of benzene rings is 1. The number of aryl methyl sites for hydroxylation is 2. The minimum atomic E-state index is 0.841. The molecule has 132 valence electrons. The Morgan fingerprint density at radius 3 is 2.77 bits per heavy atom. The fourth-order valence-electron chi connectivity index (χ4n) is 2.73. The predicted octanol–water partition coefficient (Wildman–Crippen LogP) is 4.28. The molecule has 0 aliphatic carbocycles. The maximum Gasteiger partial charge on any atom is 0.174 e. The van der Waals surface area contributed by atoms with Crippen molar-refractivity contribution >= 4 is 23.1 Å². The van der Waals surface area contributed by atoms with Gasteiger partial charge in [0.05, 0.1) is 12.0 Å². The van der Waals surface area contributed by atoms with Crippen molar-refractivity contribution in [3.8, 4) is 22.8 Å². The van der Waals surface area contributed by atoms with Crippen molar-refractivity contribution in [3.05, 3.63) is 54.1 Å². The number of nitrogens with zero attached hydrogens (tertiary/aromatic N) is 5. The lowest BCUT2D eigenvalue weighted by molar-refractivity contribution is 0.687. The highest BCUT2D eigenvalue weighted by atomic mass is 32.2. The molecule has 26 heavy (non-hydrogen) atoms. The lowest BCUT2D eigenvalue weighted by atomic mass is 10.1. The maximum absolute atomic E-state index is 4.66. The van der Waals surface area contributed by atoms with E-state index < -0.39 is 0 Å². The highest BCUT2D eigenvalue weighted by Crippen LogP contribution is 2.29. The van der Waals surface area contributed by atoms with Gasteiger partial charge in [-0.25, -0.2) is 9.97 Å². The molecule has 0 spiro atoms. The van der Waals surface area contributed by atoms with Crippen LogP contribution in [0.4, 0.5) is 0 Å². The summed E-state index contributed by atoms with van der Waals surface area (Å²) in [6, 6.07) is 10.2. The van der Waals surface area contributed by atoms with Crippen LogP contribution in [0.3, 0.4) is 0 Å². The number of imidazole rings is 2. The second-order valence-corrected chi connectivity index (χ2v) is 8.25. The molecule has 0 fully saturated rings. The SMILES string of the molecule is Cc1nnc(SCCCn2cnc(-c3ccccc3)c2-c2ncc[nH]2)s1. The van der Waals surface area contributed by atoms with Gasteiger partial charge in [-0.05, 0) is 13.3 Å². The first kappa shape index (κ1) is 17.0. The van der Waals surface area contributed by atoms with E-state index >= 15 is 0 Å². The van der Waals surface area contributed by atoms with Gasteiger partial charge in [0, 0.05) is 30.3 Å². The van der Waals surface area contributed by atoms with Gasteiger partial charge in [0.15, 0.2) is 10.2 Å². The van der Waals surface area contributed by atoms with Crippen molar-refractivity contribution in [1.82, 2.24) is 29.7 Å². The Morgan fingerprint density at radius 1 is 1.15 bits per heavy atom. The number of rotatable bonds is 7. The van der Waals surface area contributed by atoms with E-state index in [4.69, 9.17) is 0 Å². The summed E-state index contributed by atoms with van der Waals surface area (Å²) in [5.41, 5.74) is 3.07. The molecule has 0 bridgehead atoms. The summed E-state index contributed by atoms with van der Waals surface area (Å²) in [5, 5.41) is 9.23. The average Bonchev–Trinajstić information content (AvgIpc) is 3.40. The first-order valence-corrected chi connectivity index (χ1v) is 10.1. The average molecular weight is 383 g/mol. The number of hydrogen-bond acceptors (Lipinski definition) is 6. The van der Waals surface area contributed by atoms with E-state index in [1.54, 1.807) is 29.3 Å². The third-order valence-electron chi connectivity index (χ3n) is 3.88. The van der Waals surface area contributed by atoms with E-state index in [0.717, 1.165) is 50.8 Å². The molecule has 0 aliphatic heterocycles. The Kier molecular flexibility index (Phi) is 5.12. The van der Waals surface area contributed by atoms with Crippen LogP contribution in [0, 0.1) is 6.92 Å². The van der Waals surface area contributed by atoms with Gasteiger partial charge in [0.1, 0.15) is 10.7 Å². The molecular weight excluding hydrogens is 364 g/mol. The molecule has 0 saturated carbocycles. The van der Waals surface area contributed by atoms with E-state index in [0.29, 0.717) is 0 Å². The Labute approximate surface area is 159 Å². The minimum Gasteiger partial charge on any atom is -0.343 e. The fraction of sp³-hybridized carbons (Fsp3) is 0.222. The molecular formula is C18H18N6S2. The summed E-state index contributed by atoms with van der Waals surface area (Å²) < 4.78 is 3.21. The molecule has 8 heteroatoms. The van der Waals surface area contributed by atoms with Crippen LogP contribution in [0.1, 0.15) is 11.4 Å². The van der Waals surface area contributed by atoms with Gasteiger partial charge < -0.3 is 9.55 Å². The van der Waals surface area contributed by atoms with Crippen LogP contribution >= 0.6 is 23.1 Å². The minimum absolute atomic E-state index is 0.841. The predicted molar refractivity (Wildman–Crippen MR) is 105 cm³/mol. The first-order chi connectivity index (χ1) is 12.8. The van der Waals surface area contributed by atoms with E-state index in [2.05, 4.69) is 41.8 Å². The zero-order chi connectivity index (χ0) is 17.8. The van der Waals surface area contributed by atoms with E-state index in [-0.39, 0.29) is 0 Å². The van der Waals surface area contributed by atoms with Crippen molar-refractivity contribution in [1.29, 1.82) is 0 Å². The molecule has 0 atom stereocenters. The summed E-state index contributed by atoms with van der Waals surface area (Å²) in [6.07, 6.45) is 6.53. The number of aromatic nitrogens is 6. The summed E-state index contributed by atoms with van der Waals surface area (Å²) in [6.45, 7) is 2.86. The van der Waals surface area contributed by atoms with Crippen molar-refractivity contribution in [2.45, 2.75) is 24.2 Å². The van der Waals surface area contributed by atoms with Gasteiger partial charge in [-0.3, -0.25) is 0 Å². The van der Waals surface area contributed by atoms with Crippen LogP contribution in [-0.2, 0) is 6.54 Å². The second-order valence-electron chi connectivity index (χ2n) is 5.73. The van der Waals surface area contributed by atoms with Crippen molar-refractivity contribution in [3.63, 3.8) is 0 Å². The molecule has 3 heterocycles. The van der Waals surface area contributed by atoms with Crippen LogP contribution in [0.5, 0.6) is 0 Å². The van der Waals surface area contributed by atoms with Crippen molar-refractivity contribution < 1.29 is 0 Å². The van der Waals surface area contributed by atoms with Crippen LogP contribution in [0.15, 0.2) is 53.4 Å². The van der Waals surface area contributed by atoms with Gasteiger partial charge >= 0.3 is 0 Å². The standard InChI is InChI=1S/C18H18N6S2/c1-13-22-23-18(26-13)25-11-5-10-24-12-21-15(14-6-3-2-4-7-14)16(24)17-19-8-9-20-17/h2-4,6-9,12H,5,10-11H2,1H3,(H,19,20). The third-order valence-corrected chi connectivity index (χ3v) is 5.94. The van der Waals surface area contributed by atoms with Crippen LogP contribution < -0.4 is 0 Å². The zero-order valence-electron chi connectivity index (χ0n) is 14.3. The molecule has 4 aromatic rings. The van der Waals surface area contributed by atoms with Crippen LogP contribution in [0.2, 0.25) is 0 Å². The molecule has 4 rings (SSSR count). The van der Waals surface area contributed by atoms with E-state index in [1.165, 1.54) is 0 Å². The molecule has 3 aromatic heterocycles. The number of hydrogen-bond donors (Lipinski definition) is 1. The Balaban J connectivity index is 1.51. The summed E-state index contributed by atoms with van der Waals surface area (Å²) in [7, 11) is 0. The lowest BCUT2D eigenvalue weighted by Gasteiger charge is -2.08. The van der Waals surface area contributed by atoms with E-state index in [9.17, 15) is 0 Å². The maximum atomic E-state index is 4.66. The van der Waals surface area contributed by atoms with E-state index in [1.807, 2.05) is 37.6 Å². The summed E-state index contributed by atoms with van der Waals surface area (Å²) >= 11 is 3.40. The number of aromatic amines is 1. The highest BCUT2D eigenvalue weighted by Gasteiger charge is 2.16. The number of thioether (sulfide) groups is 1. The smallest absolute Gasteiger partial charge is 0.174 e. The molecule has 1 N–H and O–H groups in total. The monoisotopic (exact) mass is 382 g/mol. The third kappa shape index (κ3) is 3.71. The second kappa shape index (κ2) is 7.84. The fourth-order valence-corrected chi connectivity index (χ4v) is 4.54. The van der Waals surface area contributed by atoms with Crippen LogP contribution in [0.25, 0.3) is 22.8 Å². The van der Waals surface area contributed by atoms with Gasteiger partial charge in [-0.15, -0.1) is 10.2 Å². The molecule has 0 amide bonds. The quantitative estimate of drug-likeness (QED) is 0.381. The first-order valence-electron chi connectivity index (χ1n) is 8.34. The molecule has 0 unspecified atom stereocenters. The lowest BCUT2D eigenvalue weighted by Crippen LogP contribution is -2.01. The molecule has 0 radical (unpaired) electrons. The Morgan fingerprint density at radius 2 is 2.04 bits per heavy atom. The Bertz CT molecular complexity index is 959. The Hall–Kier alpha value is -2.45.